The molecule has 4 heteroatoms. The van der Waals surface area contributed by atoms with Crippen molar-refractivity contribution in [1.29, 1.82) is 0 Å². The molecule has 2 nitrogen and oxygen atoms in total. The van der Waals surface area contributed by atoms with Crippen LogP contribution in [0.3, 0.4) is 0 Å². The maximum absolute atomic E-state index is 13.9. The zero-order valence-electron chi connectivity index (χ0n) is 11.0. The molecule has 1 atom stereocenters. The van der Waals surface area contributed by atoms with Crippen LogP contribution in [0.25, 0.3) is 0 Å². The summed E-state index contributed by atoms with van der Waals surface area (Å²) < 4.78 is 19.5. The molecule has 0 aromatic heterocycles. The Kier molecular flexibility index (Phi) is 3.40. The summed E-state index contributed by atoms with van der Waals surface area (Å²) in [6.45, 7) is 2.42. The molecule has 1 N–H and O–H groups in total. The van der Waals surface area contributed by atoms with E-state index in [4.69, 9.17) is 16.3 Å². The van der Waals surface area contributed by atoms with Gasteiger partial charge in [-0.1, -0.05) is 29.3 Å². The van der Waals surface area contributed by atoms with E-state index in [0.29, 0.717) is 22.9 Å². The smallest absolute Gasteiger partial charge is 0.129 e. The zero-order valence-corrected chi connectivity index (χ0v) is 11.7. The third-order valence-electron chi connectivity index (χ3n) is 3.52. The van der Waals surface area contributed by atoms with Gasteiger partial charge in [0, 0.05) is 22.6 Å². The minimum absolute atomic E-state index is 0.241. The highest BCUT2D eigenvalue weighted by atomic mass is 35.5. The SMILES string of the molecule is Cc1ccc(F)c(C(O)c2cc(Cl)cc3c2OCC3)c1. The van der Waals surface area contributed by atoms with E-state index in [1.165, 1.54) is 6.07 Å². The van der Waals surface area contributed by atoms with Gasteiger partial charge in [-0.05, 0) is 30.7 Å². The number of hydrogen-bond acceptors (Lipinski definition) is 2. The third-order valence-corrected chi connectivity index (χ3v) is 3.74. The van der Waals surface area contributed by atoms with Crippen LogP contribution in [0.1, 0.15) is 28.4 Å². The first-order valence-corrected chi connectivity index (χ1v) is 6.83. The van der Waals surface area contributed by atoms with Gasteiger partial charge in [-0.15, -0.1) is 0 Å². The van der Waals surface area contributed by atoms with Crippen molar-refractivity contribution >= 4 is 11.6 Å². The summed E-state index contributed by atoms with van der Waals surface area (Å²) in [4.78, 5) is 0. The molecule has 0 amide bonds. The molecule has 2 aromatic carbocycles. The van der Waals surface area contributed by atoms with Crippen LogP contribution in [0, 0.1) is 12.7 Å². The van der Waals surface area contributed by atoms with Crippen molar-refractivity contribution in [3.63, 3.8) is 0 Å². The molecule has 0 radical (unpaired) electrons. The number of hydrogen-bond donors (Lipinski definition) is 1. The van der Waals surface area contributed by atoms with Crippen LogP contribution in [0.4, 0.5) is 4.39 Å². The van der Waals surface area contributed by atoms with Crippen molar-refractivity contribution in [3.05, 3.63) is 63.4 Å². The van der Waals surface area contributed by atoms with Crippen molar-refractivity contribution in [2.75, 3.05) is 6.61 Å². The first-order chi connectivity index (χ1) is 9.56. The summed E-state index contributed by atoms with van der Waals surface area (Å²) in [5, 5.41) is 11.0. The minimum Gasteiger partial charge on any atom is -0.493 e. The molecular formula is C16H14ClFO2. The number of rotatable bonds is 2. The molecule has 0 saturated heterocycles. The Bertz CT molecular complexity index is 670. The summed E-state index contributed by atoms with van der Waals surface area (Å²) in [5.74, 6) is 0.192. The fourth-order valence-corrected chi connectivity index (χ4v) is 2.79. The Morgan fingerprint density at radius 2 is 2.05 bits per heavy atom. The quantitative estimate of drug-likeness (QED) is 0.912. The zero-order chi connectivity index (χ0) is 14.3. The second-order valence-electron chi connectivity index (χ2n) is 5.01. The highest BCUT2D eigenvalue weighted by Gasteiger charge is 2.24. The van der Waals surface area contributed by atoms with E-state index in [2.05, 4.69) is 0 Å². The Balaban J connectivity index is 2.11. The number of halogens is 2. The third kappa shape index (κ3) is 2.28. The molecular weight excluding hydrogens is 279 g/mol. The lowest BCUT2D eigenvalue weighted by Gasteiger charge is -2.16. The van der Waals surface area contributed by atoms with Gasteiger partial charge in [0.15, 0.2) is 0 Å². The van der Waals surface area contributed by atoms with Gasteiger partial charge in [0.25, 0.3) is 0 Å². The van der Waals surface area contributed by atoms with Gasteiger partial charge in [-0.3, -0.25) is 0 Å². The number of fused-ring (bicyclic) bond motifs is 1. The molecule has 0 aliphatic carbocycles. The lowest BCUT2D eigenvalue weighted by Crippen LogP contribution is -2.05. The predicted octanol–water partition coefficient (Wildman–Crippen LogP) is 3.80. The summed E-state index contributed by atoms with van der Waals surface area (Å²) in [5.41, 5.74) is 2.61. The number of benzene rings is 2. The average Bonchev–Trinajstić information content (AvgIpc) is 2.87. The van der Waals surface area contributed by atoms with Gasteiger partial charge in [-0.25, -0.2) is 4.39 Å². The molecule has 3 rings (SSSR count). The second-order valence-corrected chi connectivity index (χ2v) is 5.45. The average molecular weight is 293 g/mol. The van der Waals surface area contributed by atoms with Crippen LogP contribution in [-0.4, -0.2) is 11.7 Å². The van der Waals surface area contributed by atoms with Gasteiger partial charge in [0.1, 0.15) is 17.7 Å². The van der Waals surface area contributed by atoms with Gasteiger partial charge >= 0.3 is 0 Å². The van der Waals surface area contributed by atoms with Crippen molar-refractivity contribution in [1.82, 2.24) is 0 Å². The molecule has 1 heterocycles. The van der Waals surface area contributed by atoms with Crippen molar-refractivity contribution in [2.45, 2.75) is 19.4 Å². The Labute approximate surface area is 121 Å². The van der Waals surface area contributed by atoms with E-state index in [-0.39, 0.29) is 5.56 Å². The van der Waals surface area contributed by atoms with Gasteiger partial charge in [-0.2, -0.15) is 0 Å². The van der Waals surface area contributed by atoms with Crippen LogP contribution in [0.15, 0.2) is 30.3 Å². The number of aryl methyl sites for hydroxylation is 1. The Hall–Kier alpha value is -1.58. The van der Waals surface area contributed by atoms with Crippen LogP contribution >= 0.6 is 11.6 Å². The highest BCUT2D eigenvalue weighted by molar-refractivity contribution is 6.30. The maximum atomic E-state index is 13.9. The van der Waals surface area contributed by atoms with E-state index in [1.54, 1.807) is 18.2 Å². The van der Waals surface area contributed by atoms with E-state index < -0.39 is 11.9 Å². The van der Waals surface area contributed by atoms with Crippen LogP contribution < -0.4 is 4.74 Å². The Morgan fingerprint density at radius 1 is 1.25 bits per heavy atom. The predicted molar refractivity (Wildman–Crippen MR) is 75.8 cm³/mol. The molecule has 104 valence electrons. The molecule has 1 aliphatic rings. The highest BCUT2D eigenvalue weighted by Crippen LogP contribution is 2.39. The van der Waals surface area contributed by atoms with Gasteiger partial charge < -0.3 is 9.84 Å². The maximum Gasteiger partial charge on any atom is 0.129 e. The summed E-state index contributed by atoms with van der Waals surface area (Å²) in [6, 6.07) is 8.14. The second kappa shape index (κ2) is 5.08. The standard InChI is InChI=1S/C16H14ClFO2/c1-9-2-3-14(18)12(6-9)15(19)13-8-11(17)7-10-4-5-20-16(10)13/h2-3,6-8,15,19H,4-5H2,1H3. The molecule has 2 aromatic rings. The van der Waals surface area contributed by atoms with E-state index >= 15 is 0 Å². The van der Waals surface area contributed by atoms with Gasteiger partial charge in [0.05, 0.1) is 6.61 Å². The number of ether oxygens (including phenoxy) is 1. The minimum atomic E-state index is -1.08. The summed E-state index contributed by atoms with van der Waals surface area (Å²) in [7, 11) is 0. The fraction of sp³-hybridized carbons (Fsp3) is 0.250. The molecule has 0 bridgehead atoms. The first-order valence-electron chi connectivity index (χ1n) is 6.45. The van der Waals surface area contributed by atoms with Crippen molar-refractivity contribution in [2.24, 2.45) is 0 Å². The van der Waals surface area contributed by atoms with Crippen LogP contribution in [0.2, 0.25) is 5.02 Å². The van der Waals surface area contributed by atoms with Crippen molar-refractivity contribution in [3.8, 4) is 5.75 Å². The molecule has 20 heavy (non-hydrogen) atoms. The van der Waals surface area contributed by atoms with Crippen LogP contribution in [-0.2, 0) is 6.42 Å². The van der Waals surface area contributed by atoms with Gasteiger partial charge in [0.2, 0.25) is 0 Å². The van der Waals surface area contributed by atoms with Crippen molar-refractivity contribution < 1.29 is 14.2 Å². The Morgan fingerprint density at radius 3 is 2.85 bits per heavy atom. The largest absolute Gasteiger partial charge is 0.493 e. The topological polar surface area (TPSA) is 29.5 Å². The first kappa shape index (κ1) is 13.4. The molecule has 0 saturated carbocycles. The van der Waals surface area contributed by atoms with Crippen LogP contribution in [0.5, 0.6) is 5.75 Å². The molecule has 0 fully saturated rings. The molecule has 1 aliphatic heterocycles. The lowest BCUT2D eigenvalue weighted by atomic mass is 9.97. The molecule has 0 spiro atoms. The monoisotopic (exact) mass is 292 g/mol. The summed E-state index contributed by atoms with van der Waals surface area (Å²) >= 11 is 6.07. The normalized spacial score (nSPS) is 14.8. The number of aliphatic hydroxyl groups is 1. The fourth-order valence-electron chi connectivity index (χ4n) is 2.54. The lowest BCUT2D eigenvalue weighted by molar-refractivity contribution is 0.208. The van der Waals surface area contributed by atoms with E-state index in [9.17, 15) is 9.50 Å². The molecule has 1 unspecified atom stereocenters. The number of aliphatic hydroxyl groups excluding tert-OH is 1. The summed E-state index contributed by atoms with van der Waals surface area (Å²) in [6.07, 6.45) is -0.327. The van der Waals surface area contributed by atoms with E-state index in [0.717, 1.165) is 17.5 Å². The van der Waals surface area contributed by atoms with E-state index in [1.807, 2.05) is 13.0 Å².